The summed E-state index contributed by atoms with van der Waals surface area (Å²) in [6, 6.07) is 14.3. The fraction of sp³-hybridized carbons (Fsp3) is 0.294. The summed E-state index contributed by atoms with van der Waals surface area (Å²) in [5.41, 5.74) is 10.3. The lowest BCUT2D eigenvalue weighted by molar-refractivity contribution is 0.342. The smallest absolute Gasteiger partial charge is 0.144 e. The van der Waals surface area contributed by atoms with E-state index in [-0.39, 0.29) is 0 Å². The Bertz CT molecular complexity index is 567. The van der Waals surface area contributed by atoms with Gasteiger partial charge in [0.1, 0.15) is 5.75 Å². The van der Waals surface area contributed by atoms with Crippen LogP contribution in [0.2, 0.25) is 0 Å². The van der Waals surface area contributed by atoms with Crippen molar-refractivity contribution in [3.8, 4) is 5.75 Å². The molecule has 0 spiro atoms. The van der Waals surface area contributed by atoms with Gasteiger partial charge in [0, 0.05) is 18.3 Å². The minimum absolute atomic E-state index is 0.622. The second kappa shape index (κ2) is 6.85. The molecular formula is C17H22N2O. The summed E-state index contributed by atoms with van der Waals surface area (Å²) in [6.45, 7) is 5.61. The van der Waals surface area contributed by atoms with Gasteiger partial charge < -0.3 is 15.8 Å². The molecule has 20 heavy (non-hydrogen) atoms. The normalized spacial score (nSPS) is 10.3. The van der Waals surface area contributed by atoms with Crippen molar-refractivity contribution in [2.75, 3.05) is 24.2 Å². The lowest BCUT2D eigenvalue weighted by atomic mass is 10.1. The molecular weight excluding hydrogens is 248 g/mol. The summed E-state index contributed by atoms with van der Waals surface area (Å²) in [4.78, 5) is 0. The Morgan fingerprint density at radius 3 is 2.70 bits per heavy atom. The third kappa shape index (κ3) is 3.67. The molecule has 3 nitrogen and oxygen atoms in total. The van der Waals surface area contributed by atoms with Gasteiger partial charge in [-0.1, -0.05) is 24.3 Å². The zero-order chi connectivity index (χ0) is 14.4. The van der Waals surface area contributed by atoms with Gasteiger partial charge in [-0.05, 0) is 43.5 Å². The molecule has 0 bridgehead atoms. The van der Waals surface area contributed by atoms with Gasteiger partial charge in [-0.3, -0.25) is 0 Å². The van der Waals surface area contributed by atoms with Gasteiger partial charge in [-0.25, -0.2) is 0 Å². The number of nitrogen functional groups attached to an aromatic ring is 1. The second-order valence-electron chi connectivity index (χ2n) is 4.79. The van der Waals surface area contributed by atoms with Crippen LogP contribution in [0.25, 0.3) is 0 Å². The van der Waals surface area contributed by atoms with E-state index >= 15 is 0 Å². The van der Waals surface area contributed by atoms with E-state index in [0.29, 0.717) is 12.3 Å². The van der Waals surface area contributed by atoms with Gasteiger partial charge in [0.25, 0.3) is 0 Å². The summed E-state index contributed by atoms with van der Waals surface area (Å²) in [5, 5.41) is 3.41. The summed E-state index contributed by atoms with van der Waals surface area (Å²) >= 11 is 0. The van der Waals surface area contributed by atoms with Crippen molar-refractivity contribution >= 4 is 11.4 Å². The molecule has 0 aromatic heterocycles. The highest BCUT2D eigenvalue weighted by Gasteiger charge is 2.02. The molecule has 0 amide bonds. The Kier molecular flexibility index (Phi) is 4.88. The van der Waals surface area contributed by atoms with Crippen LogP contribution in [0.1, 0.15) is 18.1 Å². The summed E-state index contributed by atoms with van der Waals surface area (Å²) < 4.78 is 5.50. The van der Waals surface area contributed by atoms with Crippen LogP contribution in [0.5, 0.6) is 5.75 Å². The summed E-state index contributed by atoms with van der Waals surface area (Å²) in [7, 11) is 0. The Balaban J connectivity index is 1.94. The van der Waals surface area contributed by atoms with Crippen LogP contribution in [0.3, 0.4) is 0 Å². The molecule has 0 unspecified atom stereocenters. The zero-order valence-electron chi connectivity index (χ0n) is 12.1. The molecule has 0 aliphatic carbocycles. The number of hydrogen-bond donors (Lipinski definition) is 2. The molecule has 0 saturated heterocycles. The van der Waals surface area contributed by atoms with Crippen LogP contribution in [-0.2, 0) is 6.42 Å². The molecule has 0 atom stereocenters. The summed E-state index contributed by atoms with van der Waals surface area (Å²) in [5.74, 6) is 0.744. The van der Waals surface area contributed by atoms with E-state index in [1.54, 1.807) is 0 Å². The molecule has 2 aromatic carbocycles. The first kappa shape index (κ1) is 14.3. The molecule has 0 fully saturated rings. The molecule has 0 aliphatic rings. The number of nitrogens with one attached hydrogen (secondary N) is 1. The maximum absolute atomic E-state index is 5.86. The Morgan fingerprint density at radius 2 is 1.95 bits per heavy atom. The standard InChI is InChI=1S/C17H22N2O/c1-3-20-17-12-15(8-9-16(17)18)19-11-10-14-7-5-4-6-13(14)2/h4-9,12,19H,3,10-11,18H2,1-2H3. The van der Waals surface area contributed by atoms with Crippen molar-refractivity contribution in [2.24, 2.45) is 0 Å². The Morgan fingerprint density at radius 1 is 1.15 bits per heavy atom. The number of ether oxygens (including phenoxy) is 1. The molecule has 2 rings (SSSR count). The number of rotatable bonds is 6. The number of benzene rings is 2. The van der Waals surface area contributed by atoms with Crippen LogP contribution >= 0.6 is 0 Å². The van der Waals surface area contributed by atoms with Gasteiger partial charge >= 0.3 is 0 Å². The topological polar surface area (TPSA) is 47.3 Å². The van der Waals surface area contributed by atoms with Crippen molar-refractivity contribution < 1.29 is 4.74 Å². The van der Waals surface area contributed by atoms with Gasteiger partial charge in [0.15, 0.2) is 0 Å². The maximum atomic E-state index is 5.86. The fourth-order valence-corrected chi connectivity index (χ4v) is 2.16. The molecule has 3 N–H and O–H groups in total. The van der Waals surface area contributed by atoms with E-state index in [4.69, 9.17) is 10.5 Å². The fourth-order valence-electron chi connectivity index (χ4n) is 2.16. The van der Waals surface area contributed by atoms with Crippen molar-refractivity contribution in [3.63, 3.8) is 0 Å². The lowest BCUT2D eigenvalue weighted by Crippen LogP contribution is -2.06. The molecule has 2 aromatic rings. The van der Waals surface area contributed by atoms with E-state index in [2.05, 4.69) is 36.5 Å². The molecule has 106 valence electrons. The Hall–Kier alpha value is -2.16. The van der Waals surface area contributed by atoms with Crippen molar-refractivity contribution in [3.05, 3.63) is 53.6 Å². The maximum Gasteiger partial charge on any atom is 0.144 e. The number of hydrogen-bond acceptors (Lipinski definition) is 3. The van der Waals surface area contributed by atoms with Gasteiger partial charge in [-0.2, -0.15) is 0 Å². The lowest BCUT2D eigenvalue weighted by Gasteiger charge is -2.11. The highest BCUT2D eigenvalue weighted by Crippen LogP contribution is 2.25. The Labute approximate surface area is 120 Å². The highest BCUT2D eigenvalue weighted by atomic mass is 16.5. The van der Waals surface area contributed by atoms with Gasteiger partial charge in [-0.15, -0.1) is 0 Å². The third-order valence-corrected chi connectivity index (χ3v) is 3.30. The molecule has 0 aliphatic heterocycles. The zero-order valence-corrected chi connectivity index (χ0v) is 12.1. The van der Waals surface area contributed by atoms with Crippen molar-refractivity contribution in [2.45, 2.75) is 20.3 Å². The first-order valence-electron chi connectivity index (χ1n) is 7.01. The van der Waals surface area contributed by atoms with Gasteiger partial charge in [0.2, 0.25) is 0 Å². The molecule has 0 saturated carbocycles. The minimum atomic E-state index is 0.622. The predicted molar refractivity (Wildman–Crippen MR) is 85.4 cm³/mol. The SMILES string of the molecule is CCOc1cc(NCCc2ccccc2C)ccc1N. The quantitative estimate of drug-likeness (QED) is 0.788. The largest absolute Gasteiger partial charge is 0.492 e. The molecule has 0 heterocycles. The van der Waals surface area contributed by atoms with Crippen LogP contribution in [0.15, 0.2) is 42.5 Å². The van der Waals surface area contributed by atoms with Crippen LogP contribution in [0, 0.1) is 6.92 Å². The van der Waals surface area contributed by atoms with Crippen molar-refractivity contribution in [1.29, 1.82) is 0 Å². The highest BCUT2D eigenvalue weighted by molar-refractivity contribution is 5.61. The van der Waals surface area contributed by atoms with E-state index < -0.39 is 0 Å². The number of nitrogens with two attached hydrogens (primary N) is 1. The number of aryl methyl sites for hydroxylation is 1. The number of anilines is 2. The van der Waals surface area contributed by atoms with Gasteiger partial charge in [0.05, 0.1) is 12.3 Å². The van der Waals surface area contributed by atoms with E-state index in [0.717, 1.165) is 24.4 Å². The van der Waals surface area contributed by atoms with E-state index in [1.807, 2.05) is 25.1 Å². The average Bonchev–Trinajstić information content (AvgIpc) is 2.45. The van der Waals surface area contributed by atoms with E-state index in [9.17, 15) is 0 Å². The first-order valence-corrected chi connectivity index (χ1v) is 7.01. The second-order valence-corrected chi connectivity index (χ2v) is 4.79. The monoisotopic (exact) mass is 270 g/mol. The van der Waals surface area contributed by atoms with Crippen LogP contribution in [0.4, 0.5) is 11.4 Å². The molecule has 0 radical (unpaired) electrons. The third-order valence-electron chi connectivity index (χ3n) is 3.30. The molecule has 3 heteroatoms. The predicted octanol–water partition coefficient (Wildman–Crippen LogP) is 3.63. The van der Waals surface area contributed by atoms with E-state index in [1.165, 1.54) is 11.1 Å². The minimum Gasteiger partial charge on any atom is -0.492 e. The first-order chi connectivity index (χ1) is 9.70. The van der Waals surface area contributed by atoms with Crippen molar-refractivity contribution in [1.82, 2.24) is 0 Å². The van der Waals surface area contributed by atoms with Crippen LogP contribution in [-0.4, -0.2) is 13.2 Å². The average molecular weight is 270 g/mol. The summed E-state index contributed by atoms with van der Waals surface area (Å²) in [6.07, 6.45) is 1.00. The van der Waals surface area contributed by atoms with Crippen LogP contribution < -0.4 is 15.8 Å².